The van der Waals surface area contributed by atoms with Crippen LogP contribution in [0.1, 0.15) is 39.7 Å². The van der Waals surface area contributed by atoms with Gasteiger partial charge in [0.15, 0.2) is 0 Å². The van der Waals surface area contributed by atoms with Crippen LogP contribution in [-0.4, -0.2) is 53.4 Å². The predicted octanol–water partition coefficient (Wildman–Crippen LogP) is 3.49. The lowest BCUT2D eigenvalue weighted by atomic mass is 10.0. The summed E-state index contributed by atoms with van der Waals surface area (Å²) in [7, 11) is 0. The molecule has 2 heterocycles. The maximum atomic E-state index is 12.6. The summed E-state index contributed by atoms with van der Waals surface area (Å²) in [4.78, 5) is 16.9. The molecule has 0 radical (unpaired) electrons. The SMILES string of the molecule is CC1CN(C(=O)OCc2ccccc2)C2CCN(COC(C)(C)C)C12. The highest BCUT2D eigenvalue weighted by Crippen LogP contribution is 2.36. The number of hydrogen-bond acceptors (Lipinski definition) is 4. The number of likely N-dealkylation sites (tertiary alicyclic amines) is 2. The fourth-order valence-electron chi connectivity index (χ4n) is 3.93. The van der Waals surface area contributed by atoms with E-state index in [9.17, 15) is 4.79 Å². The first-order valence-electron chi connectivity index (χ1n) is 9.20. The van der Waals surface area contributed by atoms with Crippen LogP contribution in [0.2, 0.25) is 0 Å². The smallest absolute Gasteiger partial charge is 0.410 e. The van der Waals surface area contributed by atoms with Crippen molar-refractivity contribution in [2.24, 2.45) is 5.92 Å². The zero-order valence-corrected chi connectivity index (χ0v) is 15.8. The van der Waals surface area contributed by atoms with Crippen molar-refractivity contribution in [1.29, 1.82) is 0 Å². The highest BCUT2D eigenvalue weighted by atomic mass is 16.6. The van der Waals surface area contributed by atoms with Gasteiger partial charge in [-0.25, -0.2) is 4.79 Å². The summed E-state index contributed by atoms with van der Waals surface area (Å²) < 4.78 is 11.5. The van der Waals surface area contributed by atoms with E-state index in [1.807, 2.05) is 35.2 Å². The summed E-state index contributed by atoms with van der Waals surface area (Å²) in [5.41, 5.74) is 0.875. The monoisotopic (exact) mass is 346 g/mol. The van der Waals surface area contributed by atoms with Crippen LogP contribution < -0.4 is 0 Å². The molecule has 0 saturated carbocycles. The van der Waals surface area contributed by atoms with Gasteiger partial charge in [0.25, 0.3) is 0 Å². The molecule has 2 aliphatic heterocycles. The van der Waals surface area contributed by atoms with Gasteiger partial charge in [-0.05, 0) is 38.7 Å². The Morgan fingerprint density at radius 2 is 1.96 bits per heavy atom. The second kappa shape index (κ2) is 7.34. The van der Waals surface area contributed by atoms with Crippen LogP contribution in [0.3, 0.4) is 0 Å². The molecular formula is C20H30N2O3. The summed E-state index contributed by atoms with van der Waals surface area (Å²) in [5, 5.41) is 0. The molecule has 2 aliphatic rings. The van der Waals surface area contributed by atoms with Crippen molar-refractivity contribution in [2.75, 3.05) is 19.8 Å². The first kappa shape index (κ1) is 18.2. The Kier molecular flexibility index (Phi) is 5.35. The van der Waals surface area contributed by atoms with Gasteiger partial charge in [-0.15, -0.1) is 0 Å². The molecule has 1 aromatic rings. The lowest BCUT2D eigenvalue weighted by Crippen LogP contribution is -2.42. The molecule has 2 fully saturated rings. The molecule has 0 N–H and O–H groups in total. The van der Waals surface area contributed by atoms with Crippen molar-refractivity contribution in [2.45, 2.75) is 58.4 Å². The van der Waals surface area contributed by atoms with Gasteiger partial charge in [-0.3, -0.25) is 4.90 Å². The maximum Gasteiger partial charge on any atom is 0.410 e. The van der Waals surface area contributed by atoms with Crippen LogP contribution in [0, 0.1) is 5.92 Å². The first-order valence-corrected chi connectivity index (χ1v) is 9.20. The molecule has 2 saturated heterocycles. The quantitative estimate of drug-likeness (QED) is 0.837. The van der Waals surface area contributed by atoms with Gasteiger partial charge in [0, 0.05) is 19.1 Å². The molecule has 25 heavy (non-hydrogen) atoms. The number of rotatable bonds is 4. The average molecular weight is 346 g/mol. The van der Waals surface area contributed by atoms with E-state index in [2.05, 4.69) is 32.6 Å². The number of benzene rings is 1. The summed E-state index contributed by atoms with van der Waals surface area (Å²) in [6.07, 6.45) is 0.796. The van der Waals surface area contributed by atoms with Crippen molar-refractivity contribution in [3.8, 4) is 0 Å². The number of amides is 1. The third-order valence-corrected chi connectivity index (χ3v) is 5.10. The number of fused-ring (bicyclic) bond motifs is 1. The van der Waals surface area contributed by atoms with Gasteiger partial charge in [-0.1, -0.05) is 37.3 Å². The van der Waals surface area contributed by atoms with Crippen LogP contribution in [0.15, 0.2) is 30.3 Å². The Hall–Kier alpha value is -1.59. The van der Waals surface area contributed by atoms with Gasteiger partial charge in [-0.2, -0.15) is 0 Å². The zero-order valence-electron chi connectivity index (χ0n) is 15.8. The van der Waals surface area contributed by atoms with Crippen LogP contribution in [0.5, 0.6) is 0 Å². The summed E-state index contributed by atoms with van der Waals surface area (Å²) >= 11 is 0. The largest absolute Gasteiger partial charge is 0.445 e. The molecule has 138 valence electrons. The van der Waals surface area contributed by atoms with Crippen LogP contribution >= 0.6 is 0 Å². The molecule has 3 rings (SSSR count). The summed E-state index contributed by atoms with van der Waals surface area (Å²) in [6.45, 7) is 11.1. The van der Waals surface area contributed by atoms with E-state index in [4.69, 9.17) is 9.47 Å². The van der Waals surface area contributed by atoms with E-state index in [0.29, 0.717) is 25.3 Å². The number of hydrogen-bond donors (Lipinski definition) is 0. The van der Waals surface area contributed by atoms with Gasteiger partial charge in [0.2, 0.25) is 0 Å². The van der Waals surface area contributed by atoms with Crippen LogP contribution in [-0.2, 0) is 16.1 Å². The Morgan fingerprint density at radius 3 is 2.64 bits per heavy atom. The minimum absolute atomic E-state index is 0.145. The van der Waals surface area contributed by atoms with E-state index >= 15 is 0 Å². The van der Waals surface area contributed by atoms with Crippen LogP contribution in [0.4, 0.5) is 4.79 Å². The molecule has 0 aliphatic carbocycles. The fraction of sp³-hybridized carbons (Fsp3) is 0.650. The Balaban J connectivity index is 1.57. The Bertz CT molecular complexity index is 584. The summed E-state index contributed by atoms with van der Waals surface area (Å²) in [5.74, 6) is 0.431. The van der Waals surface area contributed by atoms with Crippen LogP contribution in [0.25, 0.3) is 0 Å². The molecule has 0 bridgehead atoms. The van der Waals surface area contributed by atoms with Gasteiger partial charge in [0.1, 0.15) is 13.3 Å². The number of nitrogens with zero attached hydrogens (tertiary/aromatic N) is 2. The first-order chi connectivity index (χ1) is 11.8. The van der Waals surface area contributed by atoms with E-state index in [0.717, 1.165) is 25.1 Å². The Labute approximate surface area is 150 Å². The van der Waals surface area contributed by atoms with Gasteiger partial charge >= 0.3 is 6.09 Å². The minimum Gasteiger partial charge on any atom is -0.445 e. The maximum absolute atomic E-state index is 12.6. The second-order valence-electron chi connectivity index (χ2n) is 8.21. The number of ether oxygens (including phenoxy) is 2. The van der Waals surface area contributed by atoms with Gasteiger partial charge in [0.05, 0.1) is 11.6 Å². The van der Waals surface area contributed by atoms with Gasteiger partial charge < -0.3 is 14.4 Å². The van der Waals surface area contributed by atoms with Crippen molar-refractivity contribution in [1.82, 2.24) is 9.80 Å². The topological polar surface area (TPSA) is 42.0 Å². The van der Waals surface area contributed by atoms with Crippen molar-refractivity contribution < 1.29 is 14.3 Å². The molecule has 0 aromatic heterocycles. The fourth-order valence-corrected chi connectivity index (χ4v) is 3.93. The average Bonchev–Trinajstić information content (AvgIpc) is 3.12. The molecule has 3 atom stereocenters. The molecular weight excluding hydrogens is 316 g/mol. The van der Waals surface area contributed by atoms with Crippen molar-refractivity contribution in [3.05, 3.63) is 35.9 Å². The lowest BCUT2D eigenvalue weighted by molar-refractivity contribution is -0.0706. The third kappa shape index (κ3) is 4.33. The van der Waals surface area contributed by atoms with E-state index in [1.165, 1.54) is 0 Å². The normalized spacial score (nSPS) is 26.7. The lowest BCUT2D eigenvalue weighted by Gasteiger charge is -2.30. The summed E-state index contributed by atoms with van der Waals surface area (Å²) in [6, 6.07) is 10.4. The van der Waals surface area contributed by atoms with E-state index in [-0.39, 0.29) is 17.7 Å². The Morgan fingerprint density at radius 1 is 1.24 bits per heavy atom. The molecule has 5 heteroatoms. The molecule has 1 aromatic carbocycles. The zero-order chi connectivity index (χ0) is 18.0. The number of carbonyl (C=O) groups is 1. The highest BCUT2D eigenvalue weighted by molar-refractivity contribution is 5.69. The molecule has 0 spiro atoms. The highest BCUT2D eigenvalue weighted by Gasteiger charge is 2.49. The number of carbonyl (C=O) groups excluding carboxylic acids is 1. The second-order valence-corrected chi connectivity index (χ2v) is 8.21. The van der Waals surface area contributed by atoms with E-state index < -0.39 is 0 Å². The van der Waals surface area contributed by atoms with Crippen molar-refractivity contribution >= 4 is 6.09 Å². The van der Waals surface area contributed by atoms with Crippen molar-refractivity contribution in [3.63, 3.8) is 0 Å². The molecule has 1 amide bonds. The predicted molar refractivity (Wildman–Crippen MR) is 97.1 cm³/mol. The third-order valence-electron chi connectivity index (χ3n) is 5.10. The minimum atomic E-state index is -0.193. The standard InChI is InChI=1S/C20H30N2O3/c1-15-12-22(19(23)24-13-16-8-6-5-7-9-16)17-10-11-21(18(15)17)14-25-20(2,3)4/h5-9,15,17-18H,10-14H2,1-4H3. The molecule has 3 unspecified atom stereocenters. The molecule has 5 nitrogen and oxygen atoms in total. The van der Waals surface area contributed by atoms with E-state index in [1.54, 1.807) is 0 Å².